The summed E-state index contributed by atoms with van der Waals surface area (Å²) < 4.78 is 7.00. The fourth-order valence-electron chi connectivity index (χ4n) is 3.51. The van der Waals surface area contributed by atoms with Crippen LogP contribution in [0, 0.1) is 13.8 Å². The highest BCUT2D eigenvalue weighted by Crippen LogP contribution is 2.23. The summed E-state index contributed by atoms with van der Waals surface area (Å²) in [7, 11) is 0. The second-order valence-electron chi connectivity index (χ2n) is 6.92. The molecule has 1 amide bonds. The molecule has 4 rings (SSSR count). The van der Waals surface area contributed by atoms with Crippen molar-refractivity contribution >= 4 is 5.91 Å². The van der Waals surface area contributed by atoms with Crippen LogP contribution in [0.4, 0.5) is 0 Å². The number of carbonyl (C=O) groups is 1. The van der Waals surface area contributed by atoms with Gasteiger partial charge in [0.2, 0.25) is 0 Å². The SMILES string of the molecule is Cc1noc(C)c1C(=O)N1CCn2nc([C@H](O)Cc3ccccc3)cc2C1. The predicted molar refractivity (Wildman–Crippen MR) is 98.1 cm³/mol. The largest absolute Gasteiger partial charge is 0.386 e. The molecule has 1 aromatic carbocycles. The van der Waals surface area contributed by atoms with Gasteiger partial charge in [-0.15, -0.1) is 0 Å². The molecule has 3 aromatic rings. The third kappa shape index (κ3) is 3.38. The minimum atomic E-state index is -0.669. The Hall–Kier alpha value is -2.93. The first-order valence-electron chi connectivity index (χ1n) is 9.03. The summed E-state index contributed by atoms with van der Waals surface area (Å²) in [6.07, 6.45) is -0.156. The summed E-state index contributed by atoms with van der Waals surface area (Å²) >= 11 is 0. The molecule has 0 bridgehead atoms. The summed E-state index contributed by atoms with van der Waals surface area (Å²) in [5.41, 5.74) is 3.76. The molecule has 1 N–H and O–H groups in total. The van der Waals surface area contributed by atoms with E-state index < -0.39 is 6.10 Å². The van der Waals surface area contributed by atoms with Crippen LogP contribution in [0.15, 0.2) is 40.9 Å². The second-order valence-corrected chi connectivity index (χ2v) is 6.92. The molecule has 0 unspecified atom stereocenters. The van der Waals surface area contributed by atoms with Crippen LogP contribution in [0.1, 0.15) is 44.9 Å². The number of carbonyl (C=O) groups excluding carboxylic acids is 1. The molecule has 1 atom stereocenters. The molecule has 140 valence electrons. The Kier molecular flexibility index (Phi) is 4.53. The maximum Gasteiger partial charge on any atom is 0.259 e. The zero-order valence-electron chi connectivity index (χ0n) is 15.4. The maximum atomic E-state index is 12.8. The highest BCUT2D eigenvalue weighted by Gasteiger charge is 2.28. The monoisotopic (exact) mass is 366 g/mol. The Morgan fingerprint density at radius 2 is 2.04 bits per heavy atom. The normalized spacial score (nSPS) is 14.9. The lowest BCUT2D eigenvalue weighted by Crippen LogP contribution is -2.38. The Morgan fingerprint density at radius 3 is 2.74 bits per heavy atom. The van der Waals surface area contributed by atoms with Gasteiger partial charge in [0.25, 0.3) is 5.91 Å². The van der Waals surface area contributed by atoms with E-state index in [1.807, 2.05) is 41.1 Å². The van der Waals surface area contributed by atoms with E-state index in [-0.39, 0.29) is 5.91 Å². The van der Waals surface area contributed by atoms with Gasteiger partial charge in [0.15, 0.2) is 0 Å². The highest BCUT2D eigenvalue weighted by atomic mass is 16.5. The van der Waals surface area contributed by atoms with E-state index in [0.717, 1.165) is 11.3 Å². The van der Waals surface area contributed by atoms with Crippen molar-refractivity contribution in [2.45, 2.75) is 39.5 Å². The number of hydrogen-bond donors (Lipinski definition) is 1. The van der Waals surface area contributed by atoms with Gasteiger partial charge in [0.05, 0.1) is 30.2 Å². The number of aryl methyl sites for hydroxylation is 2. The lowest BCUT2D eigenvalue weighted by Gasteiger charge is -2.27. The van der Waals surface area contributed by atoms with Gasteiger partial charge in [0, 0.05) is 13.0 Å². The van der Waals surface area contributed by atoms with Gasteiger partial charge in [-0.2, -0.15) is 5.10 Å². The molecular formula is C20H22N4O3. The van der Waals surface area contributed by atoms with E-state index in [4.69, 9.17) is 4.52 Å². The number of rotatable bonds is 4. The number of benzene rings is 1. The molecule has 1 aliphatic rings. The number of hydrogen-bond acceptors (Lipinski definition) is 5. The number of aromatic nitrogens is 3. The molecule has 0 fully saturated rings. The molecular weight excluding hydrogens is 344 g/mol. The smallest absolute Gasteiger partial charge is 0.259 e. The zero-order chi connectivity index (χ0) is 19.0. The molecule has 0 saturated heterocycles. The van der Waals surface area contributed by atoms with Crippen molar-refractivity contribution in [3.8, 4) is 0 Å². The molecule has 1 aliphatic heterocycles. The van der Waals surface area contributed by atoms with Gasteiger partial charge in [-0.25, -0.2) is 0 Å². The minimum Gasteiger partial charge on any atom is -0.386 e. The summed E-state index contributed by atoms with van der Waals surface area (Å²) in [6.45, 7) is 5.14. The predicted octanol–water partition coefficient (Wildman–Crippen LogP) is 2.42. The summed E-state index contributed by atoms with van der Waals surface area (Å²) in [6, 6.07) is 11.7. The Labute approximate surface area is 157 Å². The van der Waals surface area contributed by atoms with Gasteiger partial charge >= 0.3 is 0 Å². The molecule has 27 heavy (non-hydrogen) atoms. The first kappa shape index (κ1) is 17.5. The summed E-state index contributed by atoms with van der Waals surface area (Å²) in [4.78, 5) is 14.6. The van der Waals surface area contributed by atoms with Gasteiger partial charge in [0.1, 0.15) is 17.4 Å². The van der Waals surface area contributed by atoms with Crippen LogP contribution in [0.2, 0.25) is 0 Å². The second kappa shape index (κ2) is 7.00. The molecule has 0 spiro atoms. The third-order valence-corrected chi connectivity index (χ3v) is 4.96. The Morgan fingerprint density at radius 1 is 1.26 bits per heavy atom. The first-order chi connectivity index (χ1) is 13.0. The third-order valence-electron chi connectivity index (χ3n) is 4.96. The van der Waals surface area contributed by atoms with Crippen LogP contribution in [-0.2, 0) is 19.5 Å². The molecule has 0 saturated carbocycles. The van der Waals surface area contributed by atoms with Gasteiger partial charge in [-0.05, 0) is 25.5 Å². The van der Waals surface area contributed by atoms with Crippen LogP contribution < -0.4 is 0 Å². The van der Waals surface area contributed by atoms with Gasteiger partial charge < -0.3 is 14.5 Å². The Balaban J connectivity index is 1.50. The summed E-state index contributed by atoms with van der Waals surface area (Å²) in [5, 5.41) is 19.0. The van der Waals surface area contributed by atoms with Crippen LogP contribution >= 0.6 is 0 Å². The highest BCUT2D eigenvalue weighted by molar-refractivity contribution is 5.96. The average Bonchev–Trinajstić information content (AvgIpc) is 3.24. The molecule has 3 heterocycles. The van der Waals surface area contributed by atoms with E-state index >= 15 is 0 Å². The lowest BCUT2D eigenvalue weighted by atomic mass is 10.1. The van der Waals surface area contributed by atoms with E-state index in [1.54, 1.807) is 18.7 Å². The van der Waals surface area contributed by atoms with Gasteiger partial charge in [-0.1, -0.05) is 35.5 Å². The van der Waals surface area contributed by atoms with E-state index in [2.05, 4.69) is 10.3 Å². The quantitative estimate of drug-likeness (QED) is 0.767. The molecule has 0 aliphatic carbocycles. The van der Waals surface area contributed by atoms with Crippen molar-refractivity contribution in [3.63, 3.8) is 0 Å². The number of aliphatic hydroxyl groups is 1. The van der Waals surface area contributed by atoms with Crippen molar-refractivity contribution < 1.29 is 14.4 Å². The first-order valence-corrected chi connectivity index (χ1v) is 9.03. The van der Waals surface area contributed by atoms with Crippen LogP contribution in [0.25, 0.3) is 0 Å². The summed E-state index contributed by atoms with van der Waals surface area (Å²) in [5.74, 6) is 0.459. The number of fused-ring (bicyclic) bond motifs is 1. The molecule has 7 heteroatoms. The topological polar surface area (TPSA) is 84.4 Å². The number of nitrogens with zero attached hydrogens (tertiary/aromatic N) is 4. The number of amides is 1. The fraction of sp³-hybridized carbons (Fsp3) is 0.350. The minimum absolute atomic E-state index is 0.0786. The maximum absolute atomic E-state index is 12.8. The molecule has 2 aromatic heterocycles. The number of aliphatic hydroxyl groups excluding tert-OH is 1. The van der Waals surface area contributed by atoms with Crippen molar-refractivity contribution in [2.24, 2.45) is 0 Å². The molecule has 0 radical (unpaired) electrons. The average molecular weight is 366 g/mol. The molecule has 7 nitrogen and oxygen atoms in total. The van der Waals surface area contributed by atoms with E-state index in [9.17, 15) is 9.90 Å². The van der Waals surface area contributed by atoms with Crippen molar-refractivity contribution in [2.75, 3.05) is 6.54 Å². The van der Waals surface area contributed by atoms with Crippen LogP contribution in [-0.4, -0.2) is 37.4 Å². The van der Waals surface area contributed by atoms with E-state index in [1.165, 1.54) is 0 Å². The zero-order valence-corrected chi connectivity index (χ0v) is 15.4. The lowest BCUT2D eigenvalue weighted by molar-refractivity contribution is 0.0703. The van der Waals surface area contributed by atoms with Gasteiger partial charge in [-0.3, -0.25) is 9.48 Å². The van der Waals surface area contributed by atoms with Crippen LogP contribution in [0.3, 0.4) is 0 Å². The van der Waals surface area contributed by atoms with Crippen LogP contribution in [0.5, 0.6) is 0 Å². The fourth-order valence-corrected chi connectivity index (χ4v) is 3.51. The van der Waals surface area contributed by atoms with Crippen molar-refractivity contribution in [3.05, 3.63) is 70.4 Å². The van der Waals surface area contributed by atoms with E-state index in [0.29, 0.717) is 48.8 Å². The Bertz CT molecular complexity index is 942. The standard InChI is InChI=1S/C20H22N4O3/c1-13-19(14(2)27-22-13)20(26)23-8-9-24-16(12-23)11-17(21-24)18(25)10-15-6-4-3-5-7-15/h3-7,11,18,25H,8-10,12H2,1-2H3/t18-/m1/s1. The van der Waals surface area contributed by atoms with Crippen molar-refractivity contribution in [1.82, 2.24) is 19.8 Å². The van der Waals surface area contributed by atoms with Crippen molar-refractivity contribution in [1.29, 1.82) is 0 Å².